The third-order valence-electron chi connectivity index (χ3n) is 3.26. The van der Waals surface area contributed by atoms with Gasteiger partial charge in [0.05, 0.1) is 5.69 Å². The zero-order chi connectivity index (χ0) is 12.1. The smallest absolute Gasteiger partial charge is 0.150 e. The zero-order valence-electron chi connectivity index (χ0n) is 10.8. The highest BCUT2D eigenvalue weighted by molar-refractivity contribution is 5.42. The van der Waals surface area contributed by atoms with Gasteiger partial charge in [-0.3, -0.25) is 4.98 Å². The maximum atomic E-state index is 4.45. The molecular weight excluding hydrogens is 212 g/mol. The molecule has 1 N–H and O–H groups in total. The summed E-state index contributed by atoms with van der Waals surface area (Å²) in [6, 6.07) is 0.602. The number of nitrogens with zero attached hydrogens (tertiary/aromatic N) is 3. The van der Waals surface area contributed by atoms with Crippen LogP contribution in [-0.2, 0) is 0 Å². The summed E-state index contributed by atoms with van der Waals surface area (Å²) in [5.74, 6) is 1.05. The Morgan fingerprint density at radius 3 is 3.00 bits per heavy atom. The van der Waals surface area contributed by atoms with Crippen LogP contribution < -0.4 is 10.2 Å². The number of rotatable bonds is 4. The van der Waals surface area contributed by atoms with Gasteiger partial charge in [0.15, 0.2) is 0 Å². The van der Waals surface area contributed by atoms with Gasteiger partial charge in [0.1, 0.15) is 5.82 Å². The molecular formula is C13H22N4. The molecule has 1 unspecified atom stereocenters. The largest absolute Gasteiger partial charge is 0.354 e. The Morgan fingerprint density at radius 1 is 1.41 bits per heavy atom. The Labute approximate surface area is 103 Å². The Balaban J connectivity index is 1.99. The summed E-state index contributed by atoms with van der Waals surface area (Å²) < 4.78 is 0. The highest BCUT2D eigenvalue weighted by atomic mass is 15.2. The van der Waals surface area contributed by atoms with Crippen molar-refractivity contribution in [3.05, 3.63) is 18.1 Å². The summed E-state index contributed by atoms with van der Waals surface area (Å²) in [5.41, 5.74) is 1.03. The van der Waals surface area contributed by atoms with Crippen LogP contribution in [0.1, 0.15) is 31.9 Å². The molecule has 17 heavy (non-hydrogen) atoms. The molecule has 4 heteroatoms. The Kier molecular flexibility index (Phi) is 4.31. The normalized spacial score (nSPS) is 20.6. The first-order chi connectivity index (χ1) is 8.31. The summed E-state index contributed by atoms with van der Waals surface area (Å²) in [7, 11) is 0. The van der Waals surface area contributed by atoms with Gasteiger partial charge < -0.3 is 10.2 Å². The topological polar surface area (TPSA) is 41.0 Å². The highest BCUT2D eigenvalue weighted by Gasteiger charge is 2.21. The lowest BCUT2D eigenvalue weighted by Gasteiger charge is -2.34. The van der Waals surface area contributed by atoms with E-state index in [1.54, 1.807) is 12.4 Å². The Morgan fingerprint density at radius 2 is 2.24 bits per heavy atom. The predicted octanol–water partition coefficient (Wildman–Crippen LogP) is 1.75. The lowest BCUT2D eigenvalue weighted by Crippen LogP contribution is -2.46. The summed E-state index contributed by atoms with van der Waals surface area (Å²) in [5, 5.41) is 3.60. The molecule has 1 atom stereocenters. The Hall–Kier alpha value is -1.16. The van der Waals surface area contributed by atoms with Crippen LogP contribution in [0.25, 0.3) is 0 Å². The maximum absolute atomic E-state index is 4.45. The van der Waals surface area contributed by atoms with E-state index in [1.165, 1.54) is 19.3 Å². The fourth-order valence-corrected chi connectivity index (χ4v) is 2.40. The molecule has 0 bridgehead atoms. The molecule has 1 saturated heterocycles. The van der Waals surface area contributed by atoms with Crippen molar-refractivity contribution in [3.63, 3.8) is 0 Å². The van der Waals surface area contributed by atoms with Crippen LogP contribution in [0.2, 0.25) is 0 Å². The minimum atomic E-state index is 0.602. The van der Waals surface area contributed by atoms with Gasteiger partial charge in [0, 0.05) is 31.5 Å². The number of aromatic nitrogens is 2. The summed E-state index contributed by atoms with van der Waals surface area (Å²) in [6.45, 7) is 7.51. The molecule has 1 fully saturated rings. The molecule has 0 spiro atoms. The van der Waals surface area contributed by atoms with Crippen molar-refractivity contribution in [2.75, 3.05) is 24.5 Å². The maximum Gasteiger partial charge on any atom is 0.150 e. The minimum absolute atomic E-state index is 0.602. The zero-order valence-corrected chi connectivity index (χ0v) is 10.8. The molecule has 0 aromatic carbocycles. The van der Waals surface area contributed by atoms with Crippen LogP contribution in [0, 0.1) is 6.92 Å². The minimum Gasteiger partial charge on any atom is -0.354 e. The quantitative estimate of drug-likeness (QED) is 0.862. The van der Waals surface area contributed by atoms with E-state index in [-0.39, 0.29) is 0 Å². The van der Waals surface area contributed by atoms with E-state index in [0.29, 0.717) is 6.04 Å². The van der Waals surface area contributed by atoms with E-state index in [1.807, 2.05) is 6.92 Å². The molecule has 1 aromatic heterocycles. The highest BCUT2D eigenvalue weighted by Crippen LogP contribution is 2.19. The van der Waals surface area contributed by atoms with Crippen LogP contribution >= 0.6 is 0 Å². The lowest BCUT2D eigenvalue weighted by atomic mass is 10.1. The van der Waals surface area contributed by atoms with E-state index >= 15 is 0 Å². The van der Waals surface area contributed by atoms with Gasteiger partial charge in [-0.25, -0.2) is 4.98 Å². The molecule has 0 radical (unpaired) electrons. The third kappa shape index (κ3) is 3.16. The van der Waals surface area contributed by atoms with Crippen molar-refractivity contribution in [1.82, 2.24) is 15.3 Å². The average Bonchev–Trinajstić information content (AvgIpc) is 2.37. The van der Waals surface area contributed by atoms with E-state index in [4.69, 9.17) is 0 Å². The van der Waals surface area contributed by atoms with Crippen LogP contribution in [0.4, 0.5) is 5.82 Å². The van der Waals surface area contributed by atoms with Gasteiger partial charge in [-0.2, -0.15) is 0 Å². The Bertz CT molecular complexity index is 353. The van der Waals surface area contributed by atoms with Crippen molar-refractivity contribution in [2.24, 2.45) is 0 Å². The number of hydrogen-bond acceptors (Lipinski definition) is 4. The number of anilines is 1. The van der Waals surface area contributed by atoms with E-state index in [0.717, 1.165) is 31.1 Å². The number of nitrogens with one attached hydrogen (secondary N) is 1. The van der Waals surface area contributed by atoms with Gasteiger partial charge in [-0.1, -0.05) is 6.92 Å². The van der Waals surface area contributed by atoms with Crippen LogP contribution in [0.3, 0.4) is 0 Å². The molecule has 0 amide bonds. The number of aryl methyl sites for hydroxylation is 1. The average molecular weight is 234 g/mol. The molecule has 0 aliphatic carbocycles. The van der Waals surface area contributed by atoms with Gasteiger partial charge in [-0.05, 0) is 32.7 Å². The van der Waals surface area contributed by atoms with Crippen LogP contribution in [-0.4, -0.2) is 35.6 Å². The molecule has 2 rings (SSSR count). The molecule has 2 heterocycles. The summed E-state index contributed by atoms with van der Waals surface area (Å²) in [4.78, 5) is 11.1. The monoisotopic (exact) mass is 234 g/mol. The summed E-state index contributed by atoms with van der Waals surface area (Å²) in [6.07, 6.45) is 7.24. The third-order valence-corrected chi connectivity index (χ3v) is 3.26. The van der Waals surface area contributed by atoms with E-state index < -0.39 is 0 Å². The lowest BCUT2D eigenvalue weighted by molar-refractivity contribution is 0.421. The van der Waals surface area contributed by atoms with Gasteiger partial charge in [0.25, 0.3) is 0 Å². The van der Waals surface area contributed by atoms with Gasteiger partial charge in [0.2, 0.25) is 0 Å². The SMILES string of the molecule is CCCNC1CCCN(c2nccnc2C)C1. The first kappa shape index (κ1) is 12.3. The second kappa shape index (κ2) is 5.96. The number of hydrogen-bond donors (Lipinski definition) is 1. The molecule has 1 aromatic rings. The molecule has 94 valence electrons. The molecule has 0 saturated carbocycles. The van der Waals surface area contributed by atoms with Gasteiger partial charge in [-0.15, -0.1) is 0 Å². The van der Waals surface area contributed by atoms with Crippen molar-refractivity contribution in [2.45, 2.75) is 39.2 Å². The van der Waals surface area contributed by atoms with Crippen LogP contribution in [0.5, 0.6) is 0 Å². The molecule has 1 aliphatic heterocycles. The molecule has 4 nitrogen and oxygen atoms in total. The van der Waals surface area contributed by atoms with E-state index in [9.17, 15) is 0 Å². The van der Waals surface area contributed by atoms with E-state index in [2.05, 4.69) is 27.1 Å². The van der Waals surface area contributed by atoms with Gasteiger partial charge >= 0.3 is 0 Å². The van der Waals surface area contributed by atoms with Crippen molar-refractivity contribution >= 4 is 5.82 Å². The number of piperidine rings is 1. The van der Waals surface area contributed by atoms with Crippen molar-refractivity contribution < 1.29 is 0 Å². The second-order valence-electron chi connectivity index (χ2n) is 4.70. The fraction of sp³-hybridized carbons (Fsp3) is 0.692. The first-order valence-corrected chi connectivity index (χ1v) is 6.57. The van der Waals surface area contributed by atoms with Crippen molar-refractivity contribution in [1.29, 1.82) is 0 Å². The molecule has 1 aliphatic rings. The second-order valence-corrected chi connectivity index (χ2v) is 4.70. The van der Waals surface area contributed by atoms with Crippen LogP contribution in [0.15, 0.2) is 12.4 Å². The van der Waals surface area contributed by atoms with Crippen molar-refractivity contribution in [3.8, 4) is 0 Å². The summed E-state index contributed by atoms with van der Waals surface area (Å²) >= 11 is 0. The standard InChI is InChI=1S/C13H22N4/c1-3-6-15-12-5-4-9-17(10-12)13-11(2)14-7-8-16-13/h7-8,12,15H,3-6,9-10H2,1-2H3. The fourth-order valence-electron chi connectivity index (χ4n) is 2.40. The first-order valence-electron chi connectivity index (χ1n) is 6.57. The predicted molar refractivity (Wildman–Crippen MR) is 70.3 cm³/mol.